The zero-order valence-corrected chi connectivity index (χ0v) is 18.5. The molecule has 8 heteroatoms. The van der Waals surface area contributed by atoms with Crippen LogP contribution < -0.4 is 14.9 Å². The smallest absolute Gasteiger partial charge is 0.325 e. The van der Waals surface area contributed by atoms with Gasteiger partial charge in [0.2, 0.25) is 5.69 Å². The number of benzene rings is 1. The van der Waals surface area contributed by atoms with Gasteiger partial charge in [0.25, 0.3) is 0 Å². The maximum absolute atomic E-state index is 13.1. The summed E-state index contributed by atoms with van der Waals surface area (Å²) in [7, 11) is 3.85. The summed E-state index contributed by atoms with van der Waals surface area (Å²) in [6.45, 7) is 0. The van der Waals surface area contributed by atoms with Crippen molar-refractivity contribution in [1.82, 2.24) is 9.78 Å². The van der Waals surface area contributed by atoms with E-state index in [0.717, 1.165) is 65.5 Å². The molecule has 0 saturated heterocycles. The Bertz CT molecular complexity index is 1160. The molecular formula is C24H30N5O3+. The SMILES string of the molecule is CN(C)c1cc2nn(C3CCC(O)CC3)cc2cc1NC(=O)c1cccc(C2CC2)[n+]1O. The first-order valence-electron chi connectivity index (χ1n) is 11.3. The molecule has 0 bridgehead atoms. The fourth-order valence-electron chi connectivity index (χ4n) is 4.62. The molecule has 0 atom stereocenters. The van der Waals surface area contributed by atoms with Crippen molar-refractivity contribution in [3.05, 3.63) is 47.9 Å². The molecule has 32 heavy (non-hydrogen) atoms. The van der Waals surface area contributed by atoms with Gasteiger partial charge in [-0.1, -0.05) is 0 Å². The largest absolute Gasteiger partial charge is 0.393 e. The zero-order valence-electron chi connectivity index (χ0n) is 18.5. The van der Waals surface area contributed by atoms with Crippen molar-refractivity contribution in [1.29, 1.82) is 0 Å². The van der Waals surface area contributed by atoms with Gasteiger partial charge in [-0.25, -0.2) is 0 Å². The highest BCUT2D eigenvalue weighted by atomic mass is 16.5. The minimum atomic E-state index is -0.355. The van der Waals surface area contributed by atoms with Crippen LogP contribution in [0.5, 0.6) is 0 Å². The maximum Gasteiger partial charge on any atom is 0.325 e. The number of aromatic nitrogens is 3. The minimum Gasteiger partial charge on any atom is -0.393 e. The first-order valence-corrected chi connectivity index (χ1v) is 11.3. The Morgan fingerprint density at radius 2 is 1.91 bits per heavy atom. The van der Waals surface area contributed by atoms with Crippen LogP contribution in [-0.4, -0.2) is 46.2 Å². The van der Waals surface area contributed by atoms with Gasteiger partial charge < -0.3 is 15.3 Å². The highest BCUT2D eigenvalue weighted by Gasteiger charge is 2.35. The summed E-state index contributed by atoms with van der Waals surface area (Å²) in [5, 5.41) is 29.1. The molecule has 0 unspecified atom stereocenters. The van der Waals surface area contributed by atoms with E-state index >= 15 is 0 Å². The number of hydrogen-bond donors (Lipinski definition) is 3. The van der Waals surface area contributed by atoms with Gasteiger partial charge in [0, 0.05) is 48.5 Å². The molecule has 8 nitrogen and oxygen atoms in total. The van der Waals surface area contributed by atoms with Crippen LogP contribution >= 0.6 is 0 Å². The number of nitrogens with zero attached hydrogens (tertiary/aromatic N) is 4. The predicted octanol–water partition coefficient (Wildman–Crippen LogP) is 3.23. The number of aliphatic hydroxyl groups is 1. The van der Waals surface area contributed by atoms with E-state index in [4.69, 9.17) is 5.10 Å². The van der Waals surface area contributed by atoms with Crippen LogP contribution in [0.15, 0.2) is 36.5 Å². The van der Waals surface area contributed by atoms with E-state index in [9.17, 15) is 15.1 Å². The molecular weight excluding hydrogens is 406 g/mol. The standard InChI is InChI=1S/C24H29N5O3/c1-27(2)23-13-19-16(14-28(26-19)17-8-10-18(30)11-9-17)12-20(23)25-24(31)22-5-3-4-21(29(22)32)15-6-7-15/h3-5,12-15,17-18,30H,6-11H2,1-2H3,(H-,25,31,32)/p+1. The van der Waals surface area contributed by atoms with Crippen molar-refractivity contribution >= 4 is 28.2 Å². The summed E-state index contributed by atoms with van der Waals surface area (Å²) in [5.41, 5.74) is 3.38. The Hall–Kier alpha value is -3.13. The second-order valence-electron chi connectivity index (χ2n) is 9.27. The third-order valence-electron chi connectivity index (χ3n) is 6.63. The Balaban J connectivity index is 1.45. The van der Waals surface area contributed by atoms with Crippen LogP contribution in [0, 0.1) is 0 Å². The molecule has 2 aromatic heterocycles. The molecule has 0 spiro atoms. The van der Waals surface area contributed by atoms with Crippen molar-refractivity contribution < 1.29 is 19.8 Å². The number of pyridine rings is 1. The van der Waals surface area contributed by atoms with Crippen molar-refractivity contribution in [3.8, 4) is 0 Å². The molecule has 2 saturated carbocycles. The summed E-state index contributed by atoms with van der Waals surface area (Å²) in [5.74, 6) is -0.0284. The Morgan fingerprint density at radius 3 is 2.59 bits per heavy atom. The fraction of sp³-hybridized carbons (Fsp3) is 0.458. The third kappa shape index (κ3) is 3.90. The van der Waals surface area contributed by atoms with Crippen LogP contribution in [0.2, 0.25) is 0 Å². The monoisotopic (exact) mass is 436 g/mol. The average molecular weight is 437 g/mol. The Labute approximate surface area is 187 Å². The maximum atomic E-state index is 13.1. The summed E-state index contributed by atoms with van der Waals surface area (Å²) in [6, 6.07) is 9.51. The van der Waals surface area contributed by atoms with Crippen molar-refractivity contribution in [3.63, 3.8) is 0 Å². The van der Waals surface area contributed by atoms with Gasteiger partial charge in [-0.15, -0.1) is 0 Å². The number of amides is 1. The molecule has 1 aromatic carbocycles. The fourth-order valence-corrected chi connectivity index (χ4v) is 4.62. The first kappa shape index (κ1) is 20.8. The summed E-state index contributed by atoms with van der Waals surface area (Å²) in [6.07, 6.45) is 7.31. The van der Waals surface area contributed by atoms with Gasteiger partial charge in [0.15, 0.2) is 0 Å². The quantitative estimate of drug-likeness (QED) is 0.422. The average Bonchev–Trinajstić information content (AvgIpc) is 3.52. The van der Waals surface area contributed by atoms with Gasteiger partial charge in [0.05, 0.1) is 29.0 Å². The number of nitrogens with one attached hydrogen (secondary N) is 1. The molecule has 3 aromatic rings. The van der Waals surface area contributed by atoms with Crippen molar-refractivity contribution in [2.45, 2.75) is 56.6 Å². The normalized spacial score (nSPS) is 21.0. The van der Waals surface area contributed by atoms with E-state index in [-0.39, 0.29) is 23.7 Å². The van der Waals surface area contributed by atoms with Crippen molar-refractivity contribution in [2.24, 2.45) is 0 Å². The lowest BCUT2D eigenvalue weighted by atomic mass is 9.93. The van der Waals surface area contributed by atoms with E-state index < -0.39 is 0 Å². The molecule has 1 amide bonds. The van der Waals surface area contributed by atoms with Crippen LogP contribution in [0.25, 0.3) is 10.9 Å². The number of hydrogen-bond acceptors (Lipinski definition) is 5. The molecule has 0 radical (unpaired) electrons. The van der Waals surface area contributed by atoms with Gasteiger partial charge in [0.1, 0.15) is 0 Å². The lowest BCUT2D eigenvalue weighted by Crippen LogP contribution is -2.43. The van der Waals surface area contributed by atoms with Crippen LogP contribution in [-0.2, 0) is 0 Å². The van der Waals surface area contributed by atoms with E-state index in [0.29, 0.717) is 11.6 Å². The second-order valence-corrected chi connectivity index (χ2v) is 9.27. The number of carbonyl (C=O) groups is 1. The number of anilines is 2. The molecule has 2 aliphatic carbocycles. The number of aliphatic hydroxyl groups excluding tert-OH is 1. The molecule has 168 valence electrons. The molecule has 0 aliphatic heterocycles. The summed E-state index contributed by atoms with van der Waals surface area (Å²) in [4.78, 5) is 15.0. The van der Waals surface area contributed by atoms with E-state index in [1.165, 1.54) is 0 Å². The van der Waals surface area contributed by atoms with Crippen molar-refractivity contribution in [2.75, 3.05) is 24.3 Å². The minimum absolute atomic E-state index is 0.203. The number of fused-ring (bicyclic) bond motifs is 1. The lowest BCUT2D eigenvalue weighted by Gasteiger charge is -2.25. The van der Waals surface area contributed by atoms with E-state index in [1.54, 1.807) is 6.07 Å². The summed E-state index contributed by atoms with van der Waals surface area (Å²) >= 11 is 0. The number of rotatable bonds is 5. The van der Waals surface area contributed by atoms with Crippen LogP contribution in [0.1, 0.15) is 66.7 Å². The highest BCUT2D eigenvalue weighted by molar-refractivity contribution is 6.05. The topological polar surface area (TPSA) is 94.5 Å². The highest BCUT2D eigenvalue weighted by Crippen LogP contribution is 2.38. The Morgan fingerprint density at radius 1 is 1.16 bits per heavy atom. The van der Waals surface area contributed by atoms with Gasteiger partial charge in [-0.05, 0) is 56.7 Å². The van der Waals surface area contributed by atoms with Gasteiger partial charge >= 0.3 is 11.6 Å². The van der Waals surface area contributed by atoms with E-state index in [2.05, 4.69) is 5.32 Å². The molecule has 2 heterocycles. The third-order valence-corrected chi connectivity index (χ3v) is 6.63. The lowest BCUT2D eigenvalue weighted by molar-refractivity contribution is -0.910. The first-order chi connectivity index (χ1) is 15.4. The molecule has 3 N–H and O–H groups in total. The number of carbonyl (C=O) groups excluding carboxylic acids is 1. The molecule has 5 rings (SSSR count). The zero-order chi connectivity index (χ0) is 22.4. The second kappa shape index (κ2) is 8.09. The van der Waals surface area contributed by atoms with Gasteiger partial charge in [-0.3, -0.25) is 14.7 Å². The van der Waals surface area contributed by atoms with Crippen LogP contribution in [0.3, 0.4) is 0 Å². The van der Waals surface area contributed by atoms with E-state index in [1.807, 2.05) is 54.1 Å². The predicted molar refractivity (Wildman–Crippen MR) is 121 cm³/mol. The Kier molecular flexibility index (Phi) is 5.25. The van der Waals surface area contributed by atoms with Gasteiger partial charge in [-0.2, -0.15) is 5.10 Å². The molecule has 2 fully saturated rings. The summed E-state index contributed by atoms with van der Waals surface area (Å²) < 4.78 is 3.03. The van der Waals surface area contributed by atoms with Crippen LogP contribution in [0.4, 0.5) is 11.4 Å². The molecule has 2 aliphatic rings.